The smallest absolute Gasteiger partial charge is 0.318 e. The molecule has 0 atom stereocenters. The summed E-state index contributed by atoms with van der Waals surface area (Å²) in [5, 5.41) is 3.82. The van der Waals surface area contributed by atoms with Crippen molar-refractivity contribution in [2.45, 2.75) is 57.5 Å². The Kier molecular flexibility index (Phi) is 5.15. The number of halogens is 1. The van der Waals surface area contributed by atoms with E-state index < -0.39 is 5.54 Å². The molecule has 21 heavy (non-hydrogen) atoms. The lowest BCUT2D eigenvalue weighted by molar-refractivity contribution is 0.164. The molecule has 1 saturated carbocycles. The van der Waals surface area contributed by atoms with Gasteiger partial charge in [-0.15, -0.1) is 0 Å². The minimum absolute atomic E-state index is 0.00752. The number of urea groups is 1. The molecule has 0 aliphatic heterocycles. The van der Waals surface area contributed by atoms with Gasteiger partial charge in [-0.25, -0.2) is 4.79 Å². The summed E-state index contributed by atoms with van der Waals surface area (Å²) in [6.45, 7) is 4.01. The average molecular weight is 309 g/mol. The SMILES string of the molecule is CN(C(=O)NC(C)(C)c1cccc(Cl)c1)C1CCCCC1. The van der Waals surface area contributed by atoms with Crippen LogP contribution >= 0.6 is 11.6 Å². The Labute approximate surface area is 132 Å². The Morgan fingerprint density at radius 1 is 1.29 bits per heavy atom. The van der Waals surface area contributed by atoms with E-state index >= 15 is 0 Å². The minimum Gasteiger partial charge on any atom is -0.329 e. The van der Waals surface area contributed by atoms with Crippen LogP contribution in [-0.2, 0) is 5.54 Å². The lowest BCUT2D eigenvalue weighted by Crippen LogP contribution is -2.50. The van der Waals surface area contributed by atoms with Crippen molar-refractivity contribution in [2.24, 2.45) is 0 Å². The highest BCUT2D eigenvalue weighted by atomic mass is 35.5. The van der Waals surface area contributed by atoms with Crippen LogP contribution in [0.5, 0.6) is 0 Å². The number of nitrogens with one attached hydrogen (secondary N) is 1. The summed E-state index contributed by atoms with van der Waals surface area (Å²) >= 11 is 6.05. The monoisotopic (exact) mass is 308 g/mol. The number of amides is 2. The second kappa shape index (κ2) is 6.69. The third-order valence-electron chi connectivity index (χ3n) is 4.41. The summed E-state index contributed by atoms with van der Waals surface area (Å²) in [4.78, 5) is 14.4. The van der Waals surface area contributed by atoms with E-state index in [-0.39, 0.29) is 6.03 Å². The number of benzene rings is 1. The van der Waals surface area contributed by atoms with Gasteiger partial charge in [0.15, 0.2) is 0 Å². The lowest BCUT2D eigenvalue weighted by atomic mass is 9.93. The molecule has 0 saturated heterocycles. The Hall–Kier alpha value is -1.22. The number of carbonyl (C=O) groups is 1. The zero-order valence-corrected chi connectivity index (χ0v) is 13.9. The Bertz CT molecular complexity index is 495. The first-order valence-corrected chi connectivity index (χ1v) is 8.09. The maximum Gasteiger partial charge on any atom is 0.318 e. The van der Waals surface area contributed by atoms with Crippen LogP contribution in [0.3, 0.4) is 0 Å². The number of hydrogen-bond donors (Lipinski definition) is 1. The van der Waals surface area contributed by atoms with Crippen LogP contribution < -0.4 is 5.32 Å². The van der Waals surface area contributed by atoms with Gasteiger partial charge in [-0.3, -0.25) is 0 Å². The number of hydrogen-bond acceptors (Lipinski definition) is 1. The molecule has 1 N–H and O–H groups in total. The van der Waals surface area contributed by atoms with Crippen molar-refractivity contribution in [1.82, 2.24) is 10.2 Å². The van der Waals surface area contributed by atoms with E-state index in [9.17, 15) is 4.79 Å². The largest absolute Gasteiger partial charge is 0.329 e. The summed E-state index contributed by atoms with van der Waals surface area (Å²) in [6.07, 6.45) is 5.96. The van der Waals surface area contributed by atoms with Crippen LogP contribution in [0.4, 0.5) is 4.79 Å². The van der Waals surface area contributed by atoms with Crippen molar-refractivity contribution in [3.8, 4) is 0 Å². The highest BCUT2D eigenvalue weighted by molar-refractivity contribution is 6.30. The molecule has 1 aliphatic carbocycles. The highest BCUT2D eigenvalue weighted by Crippen LogP contribution is 2.25. The third kappa shape index (κ3) is 4.13. The van der Waals surface area contributed by atoms with Gasteiger partial charge in [0.05, 0.1) is 5.54 Å². The number of carbonyl (C=O) groups excluding carboxylic acids is 1. The van der Waals surface area contributed by atoms with E-state index in [1.54, 1.807) is 0 Å². The second-order valence-electron chi connectivity index (χ2n) is 6.47. The molecule has 1 fully saturated rings. The van der Waals surface area contributed by atoms with Gasteiger partial charge in [0.25, 0.3) is 0 Å². The van der Waals surface area contributed by atoms with E-state index in [0.29, 0.717) is 11.1 Å². The lowest BCUT2D eigenvalue weighted by Gasteiger charge is -2.35. The normalized spacial score (nSPS) is 16.6. The highest BCUT2D eigenvalue weighted by Gasteiger charge is 2.28. The predicted molar refractivity (Wildman–Crippen MR) is 87.6 cm³/mol. The zero-order valence-electron chi connectivity index (χ0n) is 13.2. The first-order valence-electron chi connectivity index (χ1n) is 7.71. The summed E-state index contributed by atoms with van der Waals surface area (Å²) < 4.78 is 0. The molecule has 2 rings (SSSR count). The average Bonchev–Trinajstić information content (AvgIpc) is 2.47. The second-order valence-corrected chi connectivity index (χ2v) is 6.90. The molecular formula is C17H25ClN2O. The minimum atomic E-state index is -0.440. The maximum atomic E-state index is 12.5. The van der Waals surface area contributed by atoms with Gasteiger partial charge in [0, 0.05) is 18.1 Å². The van der Waals surface area contributed by atoms with E-state index in [1.807, 2.05) is 50.1 Å². The van der Waals surface area contributed by atoms with Crippen molar-refractivity contribution in [3.63, 3.8) is 0 Å². The Balaban J connectivity index is 2.03. The van der Waals surface area contributed by atoms with E-state index in [0.717, 1.165) is 18.4 Å². The van der Waals surface area contributed by atoms with Gasteiger partial charge in [0.1, 0.15) is 0 Å². The maximum absolute atomic E-state index is 12.5. The summed E-state index contributed by atoms with van der Waals surface area (Å²) in [5.74, 6) is 0. The number of rotatable bonds is 3. The molecule has 116 valence electrons. The Morgan fingerprint density at radius 2 is 1.95 bits per heavy atom. The fourth-order valence-corrected chi connectivity index (χ4v) is 3.13. The van der Waals surface area contributed by atoms with Gasteiger partial charge >= 0.3 is 6.03 Å². The van der Waals surface area contributed by atoms with Crippen LogP contribution in [0.15, 0.2) is 24.3 Å². The summed E-state index contributed by atoms with van der Waals surface area (Å²) in [5.41, 5.74) is 0.575. The van der Waals surface area contributed by atoms with Gasteiger partial charge in [-0.05, 0) is 44.4 Å². The molecule has 1 aliphatic rings. The van der Waals surface area contributed by atoms with Crippen LogP contribution in [0.25, 0.3) is 0 Å². The molecule has 0 unspecified atom stereocenters. The van der Waals surface area contributed by atoms with Crippen LogP contribution in [0.2, 0.25) is 5.02 Å². The molecule has 1 aromatic carbocycles. The predicted octanol–water partition coefficient (Wildman–Crippen LogP) is 4.55. The zero-order chi connectivity index (χ0) is 15.5. The topological polar surface area (TPSA) is 32.3 Å². The Morgan fingerprint density at radius 3 is 2.57 bits per heavy atom. The van der Waals surface area contributed by atoms with E-state index in [4.69, 9.17) is 11.6 Å². The summed E-state index contributed by atoms with van der Waals surface area (Å²) in [6, 6.07) is 8.02. The van der Waals surface area contributed by atoms with Crippen molar-refractivity contribution < 1.29 is 4.79 Å². The van der Waals surface area contributed by atoms with Crippen molar-refractivity contribution in [2.75, 3.05) is 7.05 Å². The van der Waals surface area contributed by atoms with E-state index in [1.165, 1.54) is 19.3 Å². The van der Waals surface area contributed by atoms with Crippen molar-refractivity contribution in [1.29, 1.82) is 0 Å². The van der Waals surface area contributed by atoms with Gasteiger partial charge in [-0.1, -0.05) is 43.0 Å². The number of nitrogens with zero attached hydrogens (tertiary/aromatic N) is 1. The van der Waals surface area contributed by atoms with Crippen LogP contribution in [0.1, 0.15) is 51.5 Å². The quantitative estimate of drug-likeness (QED) is 0.873. The molecule has 0 heterocycles. The fourth-order valence-electron chi connectivity index (χ4n) is 2.94. The van der Waals surface area contributed by atoms with Gasteiger partial charge in [0.2, 0.25) is 0 Å². The molecule has 1 aromatic rings. The fraction of sp³-hybridized carbons (Fsp3) is 0.588. The first-order chi connectivity index (χ1) is 9.90. The molecule has 0 spiro atoms. The van der Waals surface area contributed by atoms with Crippen LogP contribution in [0, 0.1) is 0 Å². The van der Waals surface area contributed by atoms with Crippen LogP contribution in [-0.4, -0.2) is 24.0 Å². The van der Waals surface area contributed by atoms with Crippen molar-refractivity contribution in [3.05, 3.63) is 34.9 Å². The molecular weight excluding hydrogens is 284 g/mol. The molecule has 2 amide bonds. The van der Waals surface area contributed by atoms with Gasteiger partial charge in [-0.2, -0.15) is 0 Å². The first kappa shape index (κ1) is 16.2. The standard InChI is InChI=1S/C17H25ClN2O/c1-17(2,13-8-7-9-14(18)12-13)19-16(21)20(3)15-10-5-4-6-11-15/h7-9,12,15H,4-6,10-11H2,1-3H3,(H,19,21). The molecule has 3 nitrogen and oxygen atoms in total. The third-order valence-corrected chi connectivity index (χ3v) is 4.64. The molecule has 0 radical (unpaired) electrons. The van der Waals surface area contributed by atoms with Gasteiger partial charge < -0.3 is 10.2 Å². The van der Waals surface area contributed by atoms with E-state index in [2.05, 4.69) is 5.32 Å². The van der Waals surface area contributed by atoms with Crippen molar-refractivity contribution >= 4 is 17.6 Å². The molecule has 0 aromatic heterocycles. The summed E-state index contributed by atoms with van der Waals surface area (Å²) in [7, 11) is 1.90. The molecule has 0 bridgehead atoms. The molecule has 4 heteroatoms.